The first-order chi connectivity index (χ1) is 10.9. The summed E-state index contributed by atoms with van der Waals surface area (Å²) in [4.78, 5) is 4.51. The minimum atomic E-state index is -0.725. The van der Waals surface area contributed by atoms with Crippen molar-refractivity contribution in [2.45, 2.75) is 45.6 Å². The van der Waals surface area contributed by atoms with E-state index in [-0.39, 0.29) is 5.92 Å². The van der Waals surface area contributed by atoms with Gasteiger partial charge in [-0.1, -0.05) is 16.8 Å². The highest BCUT2D eigenvalue weighted by Gasteiger charge is 2.32. The second-order valence-corrected chi connectivity index (χ2v) is 6.88. The predicted octanol–water partition coefficient (Wildman–Crippen LogP) is 4.16. The Kier molecular flexibility index (Phi) is 4.34. The molecule has 1 atom stereocenters. The third kappa shape index (κ3) is 3.35. The molecule has 0 unspecified atom stereocenters. The third-order valence-corrected chi connectivity index (χ3v) is 4.63. The SMILES string of the molecule is Cc1cc(OC(C)(C)c2nc([C@@H]3CCOC3)no2)cc(C)c1Cl. The summed E-state index contributed by atoms with van der Waals surface area (Å²) in [5.74, 6) is 2.10. The van der Waals surface area contributed by atoms with Gasteiger partial charge in [-0.25, -0.2) is 0 Å². The van der Waals surface area contributed by atoms with Gasteiger partial charge in [0, 0.05) is 17.5 Å². The Hall–Kier alpha value is -1.59. The molecule has 1 aromatic carbocycles. The van der Waals surface area contributed by atoms with Crippen molar-refractivity contribution in [3.05, 3.63) is 40.0 Å². The highest BCUT2D eigenvalue weighted by molar-refractivity contribution is 6.32. The van der Waals surface area contributed by atoms with Gasteiger partial charge in [0.25, 0.3) is 5.89 Å². The zero-order chi connectivity index (χ0) is 16.6. The van der Waals surface area contributed by atoms with Crippen molar-refractivity contribution in [1.29, 1.82) is 0 Å². The third-order valence-electron chi connectivity index (χ3n) is 4.03. The van der Waals surface area contributed by atoms with Crippen molar-refractivity contribution < 1.29 is 14.0 Å². The molecule has 3 rings (SSSR count). The van der Waals surface area contributed by atoms with Crippen LogP contribution in [0.15, 0.2) is 16.7 Å². The first-order valence-electron chi connectivity index (χ1n) is 7.74. The highest BCUT2D eigenvalue weighted by Crippen LogP contribution is 2.32. The number of ether oxygens (including phenoxy) is 2. The lowest BCUT2D eigenvalue weighted by Crippen LogP contribution is -2.26. The van der Waals surface area contributed by atoms with Crippen LogP contribution in [0.2, 0.25) is 5.02 Å². The van der Waals surface area contributed by atoms with Crippen LogP contribution >= 0.6 is 11.6 Å². The highest BCUT2D eigenvalue weighted by atomic mass is 35.5. The molecule has 1 fully saturated rings. The number of hydrogen-bond acceptors (Lipinski definition) is 5. The Morgan fingerprint density at radius 3 is 2.57 bits per heavy atom. The summed E-state index contributed by atoms with van der Waals surface area (Å²) in [6.07, 6.45) is 0.926. The quantitative estimate of drug-likeness (QED) is 0.839. The molecule has 23 heavy (non-hydrogen) atoms. The molecule has 2 heterocycles. The Morgan fingerprint density at radius 1 is 1.26 bits per heavy atom. The lowest BCUT2D eigenvalue weighted by molar-refractivity contribution is 0.0691. The van der Waals surface area contributed by atoms with Crippen molar-refractivity contribution >= 4 is 11.6 Å². The van der Waals surface area contributed by atoms with Gasteiger partial charge in [0.05, 0.1) is 6.61 Å². The Balaban J connectivity index is 1.81. The van der Waals surface area contributed by atoms with Gasteiger partial charge in [0.2, 0.25) is 0 Å². The summed E-state index contributed by atoms with van der Waals surface area (Å²) in [6.45, 7) is 9.14. The maximum atomic E-state index is 6.21. The molecular formula is C17H21ClN2O3. The monoisotopic (exact) mass is 336 g/mol. The maximum absolute atomic E-state index is 6.21. The van der Waals surface area contributed by atoms with Crippen molar-refractivity contribution in [3.8, 4) is 5.75 Å². The van der Waals surface area contributed by atoms with E-state index in [9.17, 15) is 0 Å². The van der Waals surface area contributed by atoms with Gasteiger partial charge in [0.1, 0.15) is 5.75 Å². The fraction of sp³-hybridized carbons (Fsp3) is 0.529. The average molecular weight is 337 g/mol. The summed E-state index contributed by atoms with van der Waals surface area (Å²) in [5, 5.41) is 4.85. The number of hydrogen-bond donors (Lipinski definition) is 0. The number of rotatable bonds is 4. The lowest BCUT2D eigenvalue weighted by atomic mass is 10.1. The van der Waals surface area contributed by atoms with Crippen LogP contribution in [0.3, 0.4) is 0 Å². The van der Waals surface area contributed by atoms with Gasteiger partial charge >= 0.3 is 0 Å². The van der Waals surface area contributed by atoms with Gasteiger partial charge in [-0.3, -0.25) is 0 Å². The lowest BCUT2D eigenvalue weighted by Gasteiger charge is -2.23. The molecule has 6 heteroatoms. The number of halogens is 1. The van der Waals surface area contributed by atoms with E-state index >= 15 is 0 Å². The average Bonchev–Trinajstić information content (AvgIpc) is 3.14. The molecule has 0 amide bonds. The molecular weight excluding hydrogens is 316 g/mol. The molecule has 0 aliphatic carbocycles. The first kappa shape index (κ1) is 16.3. The van der Waals surface area contributed by atoms with E-state index in [0.717, 1.165) is 34.9 Å². The van der Waals surface area contributed by atoms with Gasteiger partial charge < -0.3 is 14.0 Å². The van der Waals surface area contributed by atoms with Crippen LogP contribution in [0.1, 0.15) is 49.0 Å². The molecule has 0 bridgehead atoms. The molecule has 0 radical (unpaired) electrons. The van der Waals surface area contributed by atoms with Crippen LogP contribution in [-0.2, 0) is 10.3 Å². The van der Waals surface area contributed by atoms with E-state index in [4.69, 9.17) is 25.6 Å². The Morgan fingerprint density at radius 2 is 1.96 bits per heavy atom. The van der Waals surface area contributed by atoms with E-state index in [1.807, 2.05) is 39.8 Å². The van der Waals surface area contributed by atoms with Gasteiger partial charge in [-0.15, -0.1) is 0 Å². The minimum absolute atomic E-state index is 0.211. The fourth-order valence-electron chi connectivity index (χ4n) is 2.69. The van der Waals surface area contributed by atoms with Crippen LogP contribution in [-0.4, -0.2) is 23.4 Å². The van der Waals surface area contributed by atoms with Crippen molar-refractivity contribution in [3.63, 3.8) is 0 Å². The van der Waals surface area contributed by atoms with E-state index in [1.54, 1.807) is 0 Å². The number of benzene rings is 1. The molecule has 1 aromatic heterocycles. The molecule has 1 aliphatic heterocycles. The summed E-state index contributed by atoms with van der Waals surface area (Å²) in [5.41, 5.74) is 1.23. The van der Waals surface area contributed by atoms with Crippen LogP contribution < -0.4 is 4.74 Å². The molecule has 1 saturated heterocycles. The van der Waals surface area contributed by atoms with E-state index in [1.165, 1.54) is 0 Å². The normalized spacial score (nSPS) is 18.4. The first-order valence-corrected chi connectivity index (χ1v) is 8.12. The number of aromatic nitrogens is 2. The topological polar surface area (TPSA) is 57.4 Å². The van der Waals surface area contributed by atoms with E-state index in [0.29, 0.717) is 18.3 Å². The second-order valence-electron chi connectivity index (χ2n) is 6.50. The molecule has 2 aromatic rings. The van der Waals surface area contributed by atoms with Crippen LogP contribution in [0.25, 0.3) is 0 Å². The minimum Gasteiger partial charge on any atom is -0.478 e. The van der Waals surface area contributed by atoms with E-state index < -0.39 is 5.60 Å². The van der Waals surface area contributed by atoms with E-state index in [2.05, 4.69) is 10.1 Å². The number of nitrogens with zero attached hydrogens (tertiary/aromatic N) is 2. The van der Waals surface area contributed by atoms with Crippen LogP contribution in [0.4, 0.5) is 0 Å². The summed E-state index contributed by atoms with van der Waals surface area (Å²) in [6, 6.07) is 3.83. The van der Waals surface area contributed by atoms with Gasteiger partial charge in [-0.05, 0) is 57.4 Å². The number of aryl methyl sites for hydroxylation is 2. The Bertz CT molecular complexity index is 683. The molecule has 1 aliphatic rings. The van der Waals surface area contributed by atoms with Crippen LogP contribution in [0.5, 0.6) is 5.75 Å². The predicted molar refractivity (Wildman–Crippen MR) is 87.1 cm³/mol. The molecule has 124 valence electrons. The summed E-state index contributed by atoms with van der Waals surface area (Å²) >= 11 is 6.21. The van der Waals surface area contributed by atoms with Crippen molar-refractivity contribution in [1.82, 2.24) is 10.1 Å². The zero-order valence-corrected chi connectivity index (χ0v) is 14.6. The fourth-order valence-corrected chi connectivity index (χ4v) is 2.80. The van der Waals surface area contributed by atoms with Gasteiger partial charge in [0.15, 0.2) is 11.4 Å². The van der Waals surface area contributed by atoms with Gasteiger partial charge in [-0.2, -0.15) is 4.98 Å². The van der Waals surface area contributed by atoms with Crippen LogP contribution in [0, 0.1) is 13.8 Å². The summed E-state index contributed by atoms with van der Waals surface area (Å²) < 4.78 is 16.9. The molecule has 5 nitrogen and oxygen atoms in total. The maximum Gasteiger partial charge on any atom is 0.270 e. The molecule has 0 spiro atoms. The Labute approximate surface area is 140 Å². The molecule has 0 saturated carbocycles. The summed E-state index contributed by atoms with van der Waals surface area (Å²) in [7, 11) is 0. The second kappa shape index (κ2) is 6.13. The van der Waals surface area contributed by atoms with Crippen molar-refractivity contribution in [2.24, 2.45) is 0 Å². The largest absolute Gasteiger partial charge is 0.478 e. The molecule has 0 N–H and O–H groups in total. The van der Waals surface area contributed by atoms with Crippen molar-refractivity contribution in [2.75, 3.05) is 13.2 Å². The smallest absolute Gasteiger partial charge is 0.270 e. The standard InChI is InChI=1S/C17H21ClN2O3/c1-10-7-13(8-11(2)14(10)18)22-17(3,4)16-19-15(20-23-16)12-5-6-21-9-12/h7-8,12H,5-6,9H2,1-4H3/t12-/m1/s1. The zero-order valence-electron chi connectivity index (χ0n) is 13.9.